The molecule has 0 aliphatic carbocycles. The van der Waals surface area contributed by atoms with Crippen molar-refractivity contribution in [1.82, 2.24) is 5.32 Å². The standard InChI is InChI=1S/C18H29NO/c1-3-7-15-9-11-16(12-10-15)18(19-13-4-2)17-8-5-6-14-20-17/h9-12,17-19H,3-8,13-14H2,1-2H3. The van der Waals surface area contributed by atoms with Gasteiger partial charge in [0.25, 0.3) is 0 Å². The summed E-state index contributed by atoms with van der Waals surface area (Å²) in [4.78, 5) is 0. The fourth-order valence-electron chi connectivity index (χ4n) is 2.97. The van der Waals surface area contributed by atoms with Crippen molar-refractivity contribution in [3.8, 4) is 0 Å². The first kappa shape index (κ1) is 15.5. The van der Waals surface area contributed by atoms with Crippen LogP contribution >= 0.6 is 0 Å². The Morgan fingerprint density at radius 3 is 2.55 bits per heavy atom. The molecular formula is C18H29NO. The zero-order chi connectivity index (χ0) is 14.2. The van der Waals surface area contributed by atoms with Gasteiger partial charge in [0.05, 0.1) is 12.1 Å². The van der Waals surface area contributed by atoms with Crippen molar-refractivity contribution in [3.05, 3.63) is 35.4 Å². The van der Waals surface area contributed by atoms with Crippen molar-refractivity contribution in [1.29, 1.82) is 0 Å². The monoisotopic (exact) mass is 275 g/mol. The second-order valence-corrected chi connectivity index (χ2v) is 5.83. The van der Waals surface area contributed by atoms with Crippen LogP contribution in [0.1, 0.15) is 63.1 Å². The SMILES string of the molecule is CCCNC(c1ccc(CCC)cc1)C1CCCCO1. The zero-order valence-electron chi connectivity index (χ0n) is 13.0. The zero-order valence-corrected chi connectivity index (χ0v) is 13.0. The largest absolute Gasteiger partial charge is 0.376 e. The van der Waals surface area contributed by atoms with Crippen LogP contribution < -0.4 is 5.32 Å². The quantitative estimate of drug-likeness (QED) is 0.803. The summed E-state index contributed by atoms with van der Waals surface area (Å²) in [7, 11) is 0. The van der Waals surface area contributed by atoms with E-state index in [0.29, 0.717) is 12.1 Å². The van der Waals surface area contributed by atoms with Crippen LogP contribution in [-0.2, 0) is 11.2 Å². The molecule has 0 bridgehead atoms. The van der Waals surface area contributed by atoms with Crippen LogP contribution in [0.4, 0.5) is 0 Å². The topological polar surface area (TPSA) is 21.3 Å². The van der Waals surface area contributed by atoms with Crippen molar-refractivity contribution in [2.24, 2.45) is 0 Å². The summed E-state index contributed by atoms with van der Waals surface area (Å²) in [5, 5.41) is 3.68. The predicted molar refractivity (Wildman–Crippen MR) is 85.1 cm³/mol. The number of hydrogen-bond acceptors (Lipinski definition) is 2. The fraction of sp³-hybridized carbons (Fsp3) is 0.667. The van der Waals surface area contributed by atoms with Gasteiger partial charge in [0, 0.05) is 6.61 Å². The van der Waals surface area contributed by atoms with Gasteiger partial charge in [-0.1, -0.05) is 44.5 Å². The van der Waals surface area contributed by atoms with Crippen molar-refractivity contribution in [2.45, 2.75) is 64.5 Å². The highest BCUT2D eigenvalue weighted by Gasteiger charge is 2.25. The van der Waals surface area contributed by atoms with Gasteiger partial charge in [0.1, 0.15) is 0 Å². The molecule has 0 aromatic heterocycles. The van der Waals surface area contributed by atoms with Gasteiger partial charge in [-0.05, 0) is 49.8 Å². The summed E-state index contributed by atoms with van der Waals surface area (Å²) in [5.74, 6) is 0. The normalized spacial score (nSPS) is 20.8. The van der Waals surface area contributed by atoms with Crippen molar-refractivity contribution in [2.75, 3.05) is 13.2 Å². The first-order valence-corrected chi connectivity index (χ1v) is 8.29. The Bertz CT molecular complexity index is 368. The summed E-state index contributed by atoms with van der Waals surface area (Å²) in [6.07, 6.45) is 7.58. The van der Waals surface area contributed by atoms with Crippen LogP contribution in [0.2, 0.25) is 0 Å². The van der Waals surface area contributed by atoms with E-state index in [1.54, 1.807) is 0 Å². The van der Waals surface area contributed by atoms with Gasteiger partial charge in [-0.3, -0.25) is 0 Å². The summed E-state index contributed by atoms with van der Waals surface area (Å²) in [5.41, 5.74) is 2.82. The maximum Gasteiger partial charge on any atom is 0.0769 e. The van der Waals surface area contributed by atoms with Crippen molar-refractivity contribution in [3.63, 3.8) is 0 Å². The molecule has 0 saturated carbocycles. The van der Waals surface area contributed by atoms with Crippen LogP contribution in [0.15, 0.2) is 24.3 Å². The number of benzene rings is 1. The third kappa shape index (κ3) is 4.32. The summed E-state index contributed by atoms with van der Waals surface area (Å²) in [6.45, 7) is 6.43. The van der Waals surface area contributed by atoms with E-state index in [4.69, 9.17) is 4.74 Å². The van der Waals surface area contributed by atoms with E-state index in [1.807, 2.05) is 0 Å². The molecule has 1 aliphatic rings. The molecule has 2 unspecified atom stereocenters. The Hall–Kier alpha value is -0.860. The minimum atomic E-state index is 0.340. The van der Waals surface area contributed by atoms with Gasteiger partial charge in [-0.2, -0.15) is 0 Å². The third-order valence-corrected chi connectivity index (χ3v) is 4.08. The minimum absolute atomic E-state index is 0.340. The highest BCUT2D eigenvalue weighted by Crippen LogP contribution is 2.27. The predicted octanol–water partition coefficient (Wildman–Crippen LogP) is 4.25. The van der Waals surface area contributed by atoms with Crippen molar-refractivity contribution < 1.29 is 4.74 Å². The first-order valence-electron chi connectivity index (χ1n) is 8.29. The molecule has 2 atom stereocenters. The molecule has 1 aromatic rings. The Morgan fingerprint density at radius 2 is 1.95 bits per heavy atom. The summed E-state index contributed by atoms with van der Waals surface area (Å²) in [6, 6.07) is 9.49. The molecule has 1 N–H and O–H groups in total. The molecule has 2 rings (SSSR count). The van der Waals surface area contributed by atoms with Gasteiger partial charge in [-0.15, -0.1) is 0 Å². The molecule has 112 valence electrons. The van der Waals surface area contributed by atoms with Crippen LogP contribution in [-0.4, -0.2) is 19.3 Å². The summed E-state index contributed by atoms with van der Waals surface area (Å²) < 4.78 is 6.01. The van der Waals surface area contributed by atoms with E-state index >= 15 is 0 Å². The van der Waals surface area contributed by atoms with E-state index in [9.17, 15) is 0 Å². The number of rotatable bonds is 7. The molecule has 2 nitrogen and oxygen atoms in total. The van der Waals surface area contributed by atoms with E-state index in [2.05, 4.69) is 43.4 Å². The van der Waals surface area contributed by atoms with Gasteiger partial charge in [-0.25, -0.2) is 0 Å². The molecule has 1 heterocycles. The molecule has 20 heavy (non-hydrogen) atoms. The number of ether oxygens (including phenoxy) is 1. The lowest BCUT2D eigenvalue weighted by molar-refractivity contribution is -0.00815. The number of hydrogen-bond donors (Lipinski definition) is 1. The van der Waals surface area contributed by atoms with Gasteiger partial charge < -0.3 is 10.1 Å². The van der Waals surface area contributed by atoms with Gasteiger partial charge in [0.15, 0.2) is 0 Å². The van der Waals surface area contributed by atoms with Crippen LogP contribution in [0.3, 0.4) is 0 Å². The van der Waals surface area contributed by atoms with Crippen LogP contribution in [0.5, 0.6) is 0 Å². The van der Waals surface area contributed by atoms with E-state index < -0.39 is 0 Å². The van der Waals surface area contributed by atoms with E-state index in [-0.39, 0.29) is 0 Å². The highest BCUT2D eigenvalue weighted by molar-refractivity contribution is 5.26. The second kappa shape index (κ2) is 8.43. The Kier molecular flexibility index (Phi) is 6.55. The lowest BCUT2D eigenvalue weighted by Gasteiger charge is -2.31. The maximum absolute atomic E-state index is 6.01. The number of nitrogens with one attached hydrogen (secondary N) is 1. The summed E-state index contributed by atoms with van der Waals surface area (Å²) >= 11 is 0. The third-order valence-electron chi connectivity index (χ3n) is 4.08. The first-order chi connectivity index (χ1) is 9.85. The van der Waals surface area contributed by atoms with Crippen LogP contribution in [0.25, 0.3) is 0 Å². The lowest BCUT2D eigenvalue weighted by atomic mass is 9.94. The minimum Gasteiger partial charge on any atom is -0.376 e. The molecular weight excluding hydrogens is 246 g/mol. The highest BCUT2D eigenvalue weighted by atomic mass is 16.5. The van der Waals surface area contributed by atoms with Crippen molar-refractivity contribution >= 4 is 0 Å². The van der Waals surface area contributed by atoms with Crippen LogP contribution in [0, 0.1) is 0 Å². The fourth-order valence-corrected chi connectivity index (χ4v) is 2.97. The molecule has 0 spiro atoms. The van der Waals surface area contributed by atoms with E-state index in [1.165, 1.54) is 43.2 Å². The Morgan fingerprint density at radius 1 is 1.15 bits per heavy atom. The smallest absolute Gasteiger partial charge is 0.0769 e. The molecule has 0 amide bonds. The maximum atomic E-state index is 6.01. The molecule has 1 aromatic carbocycles. The van der Waals surface area contributed by atoms with Gasteiger partial charge >= 0.3 is 0 Å². The molecule has 1 saturated heterocycles. The molecule has 0 radical (unpaired) electrons. The van der Waals surface area contributed by atoms with E-state index in [0.717, 1.165) is 19.6 Å². The molecule has 1 aliphatic heterocycles. The average molecular weight is 275 g/mol. The van der Waals surface area contributed by atoms with Gasteiger partial charge in [0.2, 0.25) is 0 Å². The Labute approximate surface area is 123 Å². The average Bonchev–Trinajstić information content (AvgIpc) is 2.51. The Balaban J connectivity index is 2.07. The second-order valence-electron chi connectivity index (χ2n) is 5.83. The number of aryl methyl sites for hydroxylation is 1. The molecule has 1 fully saturated rings. The molecule has 2 heteroatoms. The lowest BCUT2D eigenvalue weighted by Crippen LogP contribution is -2.36.